The van der Waals surface area contributed by atoms with Crippen molar-refractivity contribution in [1.29, 1.82) is 0 Å². The maximum absolute atomic E-state index is 12.6. The molecule has 0 bridgehead atoms. The first-order valence-corrected chi connectivity index (χ1v) is 13.2. The van der Waals surface area contributed by atoms with E-state index >= 15 is 0 Å². The average Bonchev–Trinajstić information content (AvgIpc) is 3.08. The quantitative estimate of drug-likeness (QED) is 0.185. The van der Waals surface area contributed by atoms with E-state index in [9.17, 15) is 19.0 Å². The normalized spacial score (nSPS) is 21.0. The number of amides is 1. The lowest BCUT2D eigenvalue weighted by atomic mass is 10.0. The highest BCUT2D eigenvalue weighted by Crippen LogP contribution is 2.43. The Hall–Kier alpha value is -0.750. The third-order valence-corrected chi connectivity index (χ3v) is 6.72. The molecule has 1 aliphatic rings. The van der Waals surface area contributed by atoms with E-state index in [1.807, 2.05) is 11.8 Å². The molecule has 0 aromatic heterocycles. The van der Waals surface area contributed by atoms with Gasteiger partial charge in [-0.25, -0.2) is 4.57 Å². The minimum absolute atomic E-state index is 0.0354. The highest BCUT2D eigenvalue weighted by Gasteiger charge is 2.34. The largest absolute Gasteiger partial charge is 0.472 e. The first-order chi connectivity index (χ1) is 14.3. The van der Waals surface area contributed by atoms with Crippen LogP contribution in [0.15, 0.2) is 0 Å². The van der Waals surface area contributed by atoms with E-state index in [1.165, 1.54) is 19.3 Å². The van der Waals surface area contributed by atoms with Crippen molar-refractivity contribution >= 4 is 19.5 Å². The summed E-state index contributed by atoms with van der Waals surface area (Å²) < 4.78 is 21.5. The van der Waals surface area contributed by atoms with Crippen LogP contribution in [0.5, 0.6) is 0 Å². The van der Waals surface area contributed by atoms with Crippen molar-refractivity contribution in [2.75, 3.05) is 19.8 Å². The highest BCUT2D eigenvalue weighted by atomic mass is 31.2. The molecule has 0 spiro atoms. The van der Waals surface area contributed by atoms with Gasteiger partial charge in [-0.3, -0.25) is 18.6 Å². The summed E-state index contributed by atoms with van der Waals surface area (Å²) in [4.78, 5) is 35.3. The van der Waals surface area contributed by atoms with Crippen LogP contribution in [0.25, 0.3) is 0 Å². The minimum atomic E-state index is -4.03. The van der Waals surface area contributed by atoms with Gasteiger partial charge in [0.25, 0.3) is 0 Å². The number of hydrogen-bond donors (Lipinski definition) is 1. The van der Waals surface area contributed by atoms with E-state index in [-0.39, 0.29) is 25.2 Å². The third-order valence-electron chi connectivity index (χ3n) is 5.66. The number of hydrogen-bond acceptors (Lipinski definition) is 5. The predicted molar refractivity (Wildman–Crippen MR) is 118 cm³/mol. The van der Waals surface area contributed by atoms with E-state index in [0.717, 1.165) is 44.9 Å². The Morgan fingerprint density at radius 1 is 1.03 bits per heavy atom. The van der Waals surface area contributed by atoms with Gasteiger partial charge in [-0.05, 0) is 32.1 Å². The number of phosphoric acid groups is 1. The van der Waals surface area contributed by atoms with Gasteiger partial charge in [0.1, 0.15) is 5.78 Å². The van der Waals surface area contributed by atoms with Crippen LogP contribution in [-0.2, 0) is 23.2 Å². The summed E-state index contributed by atoms with van der Waals surface area (Å²) in [5.41, 5.74) is 0. The fraction of sp³-hybridized carbons (Fsp3) is 0.909. The molecule has 0 saturated carbocycles. The molecule has 0 aliphatic carbocycles. The molecule has 0 aromatic rings. The summed E-state index contributed by atoms with van der Waals surface area (Å²) in [5, 5.41) is 0. The molecular weight excluding hydrogens is 407 g/mol. The second-order valence-electron chi connectivity index (χ2n) is 8.44. The first-order valence-electron chi connectivity index (χ1n) is 11.7. The van der Waals surface area contributed by atoms with Gasteiger partial charge in [0, 0.05) is 25.8 Å². The summed E-state index contributed by atoms with van der Waals surface area (Å²) in [6.07, 6.45) is 11.4. The number of ketones is 1. The molecule has 1 heterocycles. The number of Topliss-reactive ketones (excluding diaryl/α,β-unsaturated/α-hetero) is 1. The number of carbonyl (C=O) groups is 2. The standard InChI is InChI=1S/C22H42NO6P/c1-4-21(24)14-12-10-8-6-7-9-11-13-15-22(25)23-17-19(3)16-20(23)18-29-30(26,27)28-5-2/h19-20H,4-18H2,1-3H3,(H,26,27)/t19-,20+/m1/s1/i28+2. The van der Waals surface area contributed by atoms with Crippen molar-refractivity contribution < 1.29 is 28.1 Å². The molecule has 0 aromatic carbocycles. The van der Waals surface area contributed by atoms with E-state index in [2.05, 4.69) is 6.92 Å². The zero-order chi connectivity index (χ0) is 22.4. The minimum Gasteiger partial charge on any atom is -0.337 e. The van der Waals surface area contributed by atoms with Gasteiger partial charge < -0.3 is 9.79 Å². The number of nitrogens with zero attached hydrogens (tertiary/aromatic N) is 1. The van der Waals surface area contributed by atoms with Gasteiger partial charge in [0.15, 0.2) is 0 Å². The smallest absolute Gasteiger partial charge is 0.337 e. The number of unbranched alkanes of at least 4 members (excludes halogenated alkanes) is 7. The van der Waals surface area contributed by atoms with Crippen molar-refractivity contribution in [3.63, 3.8) is 0 Å². The summed E-state index contributed by atoms with van der Waals surface area (Å²) in [7, 11) is -4.03. The van der Waals surface area contributed by atoms with Gasteiger partial charge in [0.05, 0.1) is 19.3 Å². The van der Waals surface area contributed by atoms with Crippen LogP contribution in [0.2, 0.25) is 0 Å². The predicted octanol–water partition coefficient (Wildman–Crippen LogP) is 5.26. The lowest BCUT2D eigenvalue weighted by Gasteiger charge is -2.25. The first kappa shape index (κ1) is 27.3. The zero-order valence-electron chi connectivity index (χ0n) is 19.1. The van der Waals surface area contributed by atoms with Crippen LogP contribution in [-0.4, -0.2) is 47.3 Å². The molecule has 1 saturated heterocycles. The number of carbonyl (C=O) groups excluding carboxylic acids is 2. The lowest BCUT2D eigenvalue weighted by Crippen LogP contribution is -2.38. The summed E-state index contributed by atoms with van der Waals surface area (Å²) in [6.45, 7) is 6.46. The number of likely N-dealkylation sites (tertiary alicyclic amines) is 1. The zero-order valence-corrected chi connectivity index (χ0v) is 20.0. The third kappa shape index (κ3) is 11.6. The molecule has 7 nitrogen and oxygen atoms in total. The second kappa shape index (κ2) is 15.1. The van der Waals surface area contributed by atoms with E-state index in [0.29, 0.717) is 31.1 Å². The second-order valence-corrected chi connectivity index (χ2v) is 9.90. The van der Waals surface area contributed by atoms with Crippen molar-refractivity contribution in [3.05, 3.63) is 0 Å². The van der Waals surface area contributed by atoms with Crippen molar-refractivity contribution in [1.82, 2.24) is 4.90 Å². The molecule has 1 fully saturated rings. The Kier molecular flexibility index (Phi) is 13.7. The Bertz CT molecular complexity index is 556. The van der Waals surface area contributed by atoms with Crippen molar-refractivity contribution in [2.24, 2.45) is 5.92 Å². The Labute approximate surface area is 182 Å². The molecule has 0 radical (unpaired) electrons. The van der Waals surface area contributed by atoms with Crippen LogP contribution >= 0.6 is 7.82 Å². The Balaban J connectivity index is 2.16. The topological polar surface area (TPSA) is 93.1 Å². The fourth-order valence-electron chi connectivity index (χ4n) is 3.97. The average molecular weight is 450 g/mol. The van der Waals surface area contributed by atoms with Gasteiger partial charge >= 0.3 is 7.82 Å². The molecule has 1 N–H and O–H groups in total. The van der Waals surface area contributed by atoms with Crippen LogP contribution < -0.4 is 0 Å². The molecule has 3 atom stereocenters. The van der Waals surface area contributed by atoms with E-state index in [1.54, 1.807) is 6.92 Å². The number of phosphoric ester groups is 1. The fourth-order valence-corrected chi connectivity index (χ4v) is 4.74. The Morgan fingerprint density at radius 3 is 2.17 bits per heavy atom. The van der Waals surface area contributed by atoms with Crippen molar-refractivity contribution in [3.8, 4) is 0 Å². The SMILES string of the molecule is CC[18O]P(=O)(O)OC[C@@H]1C[C@@H](C)CN1C(=O)CCCCCCCCCCC(=O)CC. The van der Waals surface area contributed by atoms with Crippen LogP contribution in [0.3, 0.4) is 0 Å². The maximum atomic E-state index is 12.6. The molecule has 1 amide bonds. The lowest BCUT2D eigenvalue weighted by molar-refractivity contribution is -0.133. The van der Waals surface area contributed by atoms with Gasteiger partial charge in [-0.2, -0.15) is 0 Å². The summed E-state index contributed by atoms with van der Waals surface area (Å²) >= 11 is 0. The summed E-state index contributed by atoms with van der Waals surface area (Å²) in [5.74, 6) is 0.832. The monoisotopic (exact) mass is 449 g/mol. The van der Waals surface area contributed by atoms with Gasteiger partial charge in [0.2, 0.25) is 5.91 Å². The molecular formula is C22H42NO6P. The maximum Gasteiger partial charge on any atom is 0.472 e. The van der Waals surface area contributed by atoms with Crippen LogP contribution in [0.4, 0.5) is 0 Å². The van der Waals surface area contributed by atoms with Crippen LogP contribution in [0, 0.1) is 5.92 Å². The van der Waals surface area contributed by atoms with E-state index in [4.69, 9.17) is 9.05 Å². The number of rotatable bonds is 17. The molecule has 1 unspecified atom stereocenters. The molecule has 1 aliphatic heterocycles. The van der Waals surface area contributed by atoms with Crippen LogP contribution in [0.1, 0.15) is 97.8 Å². The highest BCUT2D eigenvalue weighted by molar-refractivity contribution is 7.47. The van der Waals surface area contributed by atoms with E-state index < -0.39 is 7.82 Å². The molecule has 30 heavy (non-hydrogen) atoms. The van der Waals surface area contributed by atoms with Crippen molar-refractivity contribution in [2.45, 2.75) is 104 Å². The molecule has 8 heteroatoms. The molecule has 176 valence electrons. The van der Waals surface area contributed by atoms with Gasteiger partial charge in [-0.1, -0.05) is 52.4 Å². The Morgan fingerprint density at radius 2 is 1.60 bits per heavy atom. The summed E-state index contributed by atoms with van der Waals surface area (Å²) in [6, 6.07) is -0.159. The van der Waals surface area contributed by atoms with Gasteiger partial charge in [-0.15, -0.1) is 0 Å². The molecule has 1 rings (SSSR count).